The minimum Gasteiger partial charge on any atom is -0.450 e. The Hall–Kier alpha value is -2.40. The topological polar surface area (TPSA) is 72.6 Å². The lowest BCUT2D eigenvalue weighted by Gasteiger charge is -2.08. The second kappa shape index (κ2) is 5.49. The van der Waals surface area contributed by atoms with Gasteiger partial charge >= 0.3 is 5.69 Å². The van der Waals surface area contributed by atoms with Gasteiger partial charge in [-0.25, -0.2) is 0 Å². The SMILES string of the molecule is Cc1cc(Oc2ccccc2[N+](=O)[O-])ccc1CO. The van der Waals surface area contributed by atoms with Gasteiger partial charge in [-0.1, -0.05) is 18.2 Å². The van der Waals surface area contributed by atoms with Crippen molar-refractivity contribution in [3.63, 3.8) is 0 Å². The molecule has 2 aromatic carbocycles. The first kappa shape index (κ1) is 13.0. The fourth-order valence-corrected chi connectivity index (χ4v) is 1.73. The van der Waals surface area contributed by atoms with Crippen molar-refractivity contribution in [3.05, 3.63) is 63.7 Å². The predicted molar refractivity (Wildman–Crippen MR) is 70.3 cm³/mol. The van der Waals surface area contributed by atoms with Crippen LogP contribution in [0.1, 0.15) is 11.1 Å². The first-order chi connectivity index (χ1) is 9.11. The molecule has 1 N–H and O–H groups in total. The molecule has 0 saturated carbocycles. The quantitative estimate of drug-likeness (QED) is 0.676. The predicted octanol–water partition coefficient (Wildman–Crippen LogP) is 3.19. The summed E-state index contributed by atoms with van der Waals surface area (Å²) in [6.07, 6.45) is 0. The summed E-state index contributed by atoms with van der Waals surface area (Å²) in [5, 5.41) is 20.0. The number of hydrogen-bond acceptors (Lipinski definition) is 4. The Morgan fingerprint density at radius 1 is 1.26 bits per heavy atom. The molecule has 0 aromatic heterocycles. The summed E-state index contributed by atoms with van der Waals surface area (Å²) in [6.45, 7) is 1.80. The van der Waals surface area contributed by atoms with Crippen molar-refractivity contribution in [1.29, 1.82) is 0 Å². The molecule has 0 aliphatic heterocycles. The highest BCUT2D eigenvalue weighted by atomic mass is 16.6. The molecule has 0 unspecified atom stereocenters. The van der Waals surface area contributed by atoms with Crippen LogP contribution in [0.2, 0.25) is 0 Å². The fraction of sp³-hybridized carbons (Fsp3) is 0.143. The maximum absolute atomic E-state index is 10.9. The van der Waals surface area contributed by atoms with Crippen molar-refractivity contribution in [2.75, 3.05) is 0 Å². The van der Waals surface area contributed by atoms with Crippen LogP contribution >= 0.6 is 0 Å². The van der Waals surface area contributed by atoms with E-state index in [0.29, 0.717) is 5.75 Å². The normalized spacial score (nSPS) is 10.2. The highest BCUT2D eigenvalue weighted by Gasteiger charge is 2.14. The van der Waals surface area contributed by atoms with Gasteiger partial charge in [-0.2, -0.15) is 0 Å². The number of ether oxygens (including phenoxy) is 1. The molecule has 19 heavy (non-hydrogen) atoms. The Morgan fingerprint density at radius 2 is 2.00 bits per heavy atom. The Bertz CT molecular complexity index is 610. The molecule has 98 valence electrons. The van der Waals surface area contributed by atoms with Crippen LogP contribution in [0, 0.1) is 17.0 Å². The molecule has 0 amide bonds. The molecule has 0 heterocycles. The molecule has 0 radical (unpaired) electrons. The van der Waals surface area contributed by atoms with Gasteiger partial charge in [-0.15, -0.1) is 0 Å². The molecule has 0 aliphatic carbocycles. The van der Waals surface area contributed by atoms with E-state index >= 15 is 0 Å². The van der Waals surface area contributed by atoms with Crippen LogP contribution in [0.5, 0.6) is 11.5 Å². The Morgan fingerprint density at radius 3 is 2.63 bits per heavy atom. The molecule has 2 rings (SSSR count). The number of benzene rings is 2. The van der Waals surface area contributed by atoms with Crippen molar-refractivity contribution >= 4 is 5.69 Å². The number of rotatable bonds is 4. The Balaban J connectivity index is 2.31. The number of para-hydroxylation sites is 2. The van der Waals surface area contributed by atoms with Gasteiger partial charge in [0.05, 0.1) is 11.5 Å². The molecule has 0 aliphatic rings. The average molecular weight is 259 g/mol. The molecular formula is C14H13NO4. The van der Waals surface area contributed by atoms with Gasteiger partial charge in [-0.3, -0.25) is 10.1 Å². The number of aliphatic hydroxyl groups excluding tert-OH is 1. The van der Waals surface area contributed by atoms with Crippen molar-refractivity contribution in [2.24, 2.45) is 0 Å². The molecule has 5 nitrogen and oxygen atoms in total. The summed E-state index contributed by atoms with van der Waals surface area (Å²) in [6, 6.07) is 11.4. The summed E-state index contributed by atoms with van der Waals surface area (Å²) in [5.74, 6) is 0.702. The molecule has 5 heteroatoms. The van der Waals surface area contributed by atoms with Gasteiger partial charge in [-0.05, 0) is 36.2 Å². The lowest BCUT2D eigenvalue weighted by Crippen LogP contribution is -1.94. The van der Waals surface area contributed by atoms with Crippen LogP contribution in [0.15, 0.2) is 42.5 Å². The van der Waals surface area contributed by atoms with Crippen LogP contribution in [0.3, 0.4) is 0 Å². The zero-order valence-electron chi connectivity index (χ0n) is 10.4. The lowest BCUT2D eigenvalue weighted by atomic mass is 10.1. The third-order valence-electron chi connectivity index (χ3n) is 2.77. The molecule has 0 atom stereocenters. The van der Waals surface area contributed by atoms with Crippen LogP contribution in [0.25, 0.3) is 0 Å². The van der Waals surface area contributed by atoms with Gasteiger partial charge in [0.1, 0.15) is 5.75 Å². The Kier molecular flexibility index (Phi) is 3.77. The minimum absolute atomic E-state index is 0.0440. The van der Waals surface area contributed by atoms with E-state index in [1.54, 1.807) is 36.4 Å². The van der Waals surface area contributed by atoms with E-state index in [0.717, 1.165) is 11.1 Å². The number of nitro benzene ring substituents is 1. The van der Waals surface area contributed by atoms with Crippen LogP contribution in [0.4, 0.5) is 5.69 Å². The van der Waals surface area contributed by atoms with Crippen molar-refractivity contribution in [3.8, 4) is 11.5 Å². The van der Waals surface area contributed by atoms with Crippen LogP contribution < -0.4 is 4.74 Å². The summed E-state index contributed by atoms with van der Waals surface area (Å²) in [7, 11) is 0. The maximum Gasteiger partial charge on any atom is 0.311 e. The monoisotopic (exact) mass is 259 g/mol. The Labute approximate surface area is 110 Å². The molecular weight excluding hydrogens is 246 g/mol. The van der Waals surface area contributed by atoms with E-state index in [9.17, 15) is 10.1 Å². The number of hydrogen-bond donors (Lipinski definition) is 1. The number of aliphatic hydroxyl groups is 1. The van der Waals surface area contributed by atoms with Crippen molar-refractivity contribution < 1.29 is 14.8 Å². The van der Waals surface area contributed by atoms with Gasteiger partial charge in [0, 0.05) is 6.07 Å². The zero-order valence-corrected chi connectivity index (χ0v) is 10.4. The summed E-state index contributed by atoms with van der Waals surface area (Å²) in [5.41, 5.74) is 1.60. The van der Waals surface area contributed by atoms with E-state index in [2.05, 4.69) is 0 Å². The van der Waals surface area contributed by atoms with Crippen LogP contribution in [-0.2, 0) is 6.61 Å². The smallest absolute Gasteiger partial charge is 0.311 e. The highest BCUT2D eigenvalue weighted by Crippen LogP contribution is 2.31. The average Bonchev–Trinajstić information content (AvgIpc) is 2.39. The van der Waals surface area contributed by atoms with Crippen molar-refractivity contribution in [2.45, 2.75) is 13.5 Å². The summed E-state index contributed by atoms with van der Waals surface area (Å²) >= 11 is 0. The third-order valence-corrected chi connectivity index (χ3v) is 2.77. The minimum atomic E-state index is -0.482. The van der Waals surface area contributed by atoms with Crippen molar-refractivity contribution in [1.82, 2.24) is 0 Å². The molecule has 2 aromatic rings. The largest absolute Gasteiger partial charge is 0.450 e. The van der Waals surface area contributed by atoms with E-state index in [-0.39, 0.29) is 18.0 Å². The van der Waals surface area contributed by atoms with Gasteiger partial charge < -0.3 is 9.84 Å². The first-order valence-corrected chi connectivity index (χ1v) is 5.73. The molecule has 0 bridgehead atoms. The second-order valence-electron chi connectivity index (χ2n) is 4.07. The van der Waals surface area contributed by atoms with Gasteiger partial charge in [0.25, 0.3) is 0 Å². The lowest BCUT2D eigenvalue weighted by molar-refractivity contribution is -0.385. The molecule has 0 saturated heterocycles. The van der Waals surface area contributed by atoms with E-state index in [1.807, 2.05) is 6.92 Å². The molecule has 0 fully saturated rings. The first-order valence-electron chi connectivity index (χ1n) is 5.73. The maximum atomic E-state index is 10.9. The number of nitrogens with zero attached hydrogens (tertiary/aromatic N) is 1. The van der Waals surface area contributed by atoms with E-state index in [4.69, 9.17) is 9.84 Å². The van der Waals surface area contributed by atoms with Crippen LogP contribution in [-0.4, -0.2) is 10.0 Å². The number of aryl methyl sites for hydroxylation is 1. The highest BCUT2D eigenvalue weighted by molar-refractivity contribution is 5.48. The fourth-order valence-electron chi connectivity index (χ4n) is 1.73. The van der Waals surface area contributed by atoms with Gasteiger partial charge in [0.2, 0.25) is 5.75 Å². The third kappa shape index (κ3) is 2.89. The van der Waals surface area contributed by atoms with E-state index in [1.165, 1.54) is 6.07 Å². The number of nitro groups is 1. The standard InChI is InChI=1S/C14H13NO4/c1-10-8-12(7-6-11(10)9-16)19-14-5-3-2-4-13(14)15(17)18/h2-8,16H,9H2,1H3. The molecule has 0 spiro atoms. The summed E-state index contributed by atoms with van der Waals surface area (Å²) in [4.78, 5) is 10.4. The second-order valence-corrected chi connectivity index (χ2v) is 4.07. The summed E-state index contributed by atoms with van der Waals surface area (Å²) < 4.78 is 5.53. The van der Waals surface area contributed by atoms with E-state index < -0.39 is 4.92 Å². The van der Waals surface area contributed by atoms with Gasteiger partial charge in [0.15, 0.2) is 0 Å². The zero-order chi connectivity index (χ0) is 13.8.